The fraction of sp³-hybridized carbons (Fsp3) is 0.214. The van der Waals surface area contributed by atoms with Crippen LogP contribution >= 0.6 is 0 Å². The summed E-state index contributed by atoms with van der Waals surface area (Å²) in [6.45, 7) is -0.0635. The van der Waals surface area contributed by atoms with Gasteiger partial charge in [-0.2, -0.15) is 13.2 Å². The molecule has 0 bridgehead atoms. The number of hydrogen-bond acceptors (Lipinski definition) is 3. The highest BCUT2D eigenvalue weighted by molar-refractivity contribution is 5.89. The first kappa shape index (κ1) is 15.9. The predicted molar refractivity (Wildman–Crippen MR) is 72.1 cm³/mol. The lowest BCUT2D eigenvalue weighted by molar-refractivity contribution is -0.137. The molecule has 0 saturated carbocycles. The Labute approximate surface area is 123 Å². The Morgan fingerprint density at radius 1 is 1.23 bits per heavy atom. The van der Waals surface area contributed by atoms with Gasteiger partial charge >= 0.3 is 12.2 Å². The van der Waals surface area contributed by atoms with Gasteiger partial charge in [-0.25, -0.2) is 4.79 Å². The summed E-state index contributed by atoms with van der Waals surface area (Å²) in [5.74, 6) is 0. The van der Waals surface area contributed by atoms with Crippen LogP contribution in [0.25, 0.3) is 0 Å². The van der Waals surface area contributed by atoms with Crippen LogP contribution in [-0.4, -0.2) is 17.7 Å². The SMILES string of the molecule is O=C(NC[C@@H](O)c1ccoc1)Nc1ccc(C(F)(F)F)cc1. The van der Waals surface area contributed by atoms with Crippen molar-refractivity contribution in [3.8, 4) is 0 Å². The molecule has 1 heterocycles. The average molecular weight is 314 g/mol. The summed E-state index contributed by atoms with van der Waals surface area (Å²) >= 11 is 0. The number of rotatable bonds is 4. The summed E-state index contributed by atoms with van der Waals surface area (Å²) in [7, 11) is 0. The first-order valence-electron chi connectivity index (χ1n) is 6.28. The molecule has 118 valence electrons. The van der Waals surface area contributed by atoms with Gasteiger partial charge in [-0.05, 0) is 30.3 Å². The Morgan fingerprint density at radius 3 is 2.45 bits per heavy atom. The van der Waals surface area contributed by atoms with Gasteiger partial charge in [0.15, 0.2) is 0 Å². The molecule has 0 aliphatic carbocycles. The highest BCUT2D eigenvalue weighted by Crippen LogP contribution is 2.29. The van der Waals surface area contributed by atoms with Gasteiger partial charge in [0, 0.05) is 17.8 Å². The van der Waals surface area contributed by atoms with Crippen LogP contribution in [0.3, 0.4) is 0 Å². The number of amides is 2. The normalized spacial score (nSPS) is 12.7. The molecule has 0 aliphatic heterocycles. The fourth-order valence-electron chi connectivity index (χ4n) is 1.69. The van der Waals surface area contributed by atoms with Crippen molar-refractivity contribution in [2.45, 2.75) is 12.3 Å². The lowest BCUT2D eigenvalue weighted by Gasteiger charge is -2.12. The summed E-state index contributed by atoms with van der Waals surface area (Å²) in [4.78, 5) is 11.6. The maximum Gasteiger partial charge on any atom is 0.416 e. The van der Waals surface area contributed by atoms with Crippen LogP contribution in [0, 0.1) is 0 Å². The van der Waals surface area contributed by atoms with Crippen LogP contribution in [0.4, 0.5) is 23.7 Å². The van der Waals surface area contributed by atoms with Gasteiger partial charge in [-0.1, -0.05) is 0 Å². The third kappa shape index (κ3) is 4.26. The van der Waals surface area contributed by atoms with E-state index in [0.717, 1.165) is 24.3 Å². The minimum Gasteiger partial charge on any atom is -0.472 e. The molecular formula is C14H13F3N2O3. The molecule has 0 radical (unpaired) electrons. The standard InChI is InChI=1S/C14H13F3N2O3/c15-14(16,17)10-1-3-11(4-2-10)19-13(21)18-7-12(20)9-5-6-22-8-9/h1-6,8,12,20H,7H2,(H2,18,19,21)/t12-/m1/s1. The maximum atomic E-state index is 12.4. The summed E-state index contributed by atoms with van der Waals surface area (Å²) in [5.41, 5.74) is -0.0769. The van der Waals surface area contributed by atoms with E-state index in [1.54, 1.807) is 6.07 Å². The number of aliphatic hydroxyl groups excluding tert-OH is 1. The number of halogens is 3. The highest BCUT2D eigenvalue weighted by Gasteiger charge is 2.29. The second-order valence-electron chi connectivity index (χ2n) is 4.48. The second-order valence-corrected chi connectivity index (χ2v) is 4.48. The number of furan rings is 1. The molecule has 2 amide bonds. The zero-order valence-electron chi connectivity index (χ0n) is 11.2. The molecular weight excluding hydrogens is 301 g/mol. The minimum absolute atomic E-state index is 0.0635. The molecule has 2 aromatic rings. The van der Waals surface area contributed by atoms with E-state index in [4.69, 9.17) is 4.42 Å². The third-order valence-corrected chi connectivity index (χ3v) is 2.85. The van der Waals surface area contributed by atoms with Crippen molar-refractivity contribution in [1.82, 2.24) is 5.32 Å². The largest absolute Gasteiger partial charge is 0.472 e. The summed E-state index contributed by atoms with van der Waals surface area (Å²) in [6.07, 6.45) is -2.62. The third-order valence-electron chi connectivity index (χ3n) is 2.85. The van der Waals surface area contributed by atoms with Gasteiger partial charge < -0.3 is 20.2 Å². The lowest BCUT2D eigenvalue weighted by atomic mass is 10.2. The molecule has 22 heavy (non-hydrogen) atoms. The molecule has 0 aliphatic rings. The van der Waals surface area contributed by atoms with Gasteiger partial charge in [-0.3, -0.25) is 0 Å². The van der Waals surface area contributed by atoms with E-state index in [1.165, 1.54) is 12.5 Å². The molecule has 2 rings (SSSR count). The van der Waals surface area contributed by atoms with Crippen LogP contribution in [0.15, 0.2) is 47.3 Å². The topological polar surface area (TPSA) is 74.5 Å². The number of urea groups is 1. The number of carbonyl (C=O) groups excluding carboxylic acids is 1. The van der Waals surface area contributed by atoms with Crippen LogP contribution in [0.2, 0.25) is 0 Å². The highest BCUT2D eigenvalue weighted by atomic mass is 19.4. The minimum atomic E-state index is -4.42. The summed E-state index contributed by atoms with van der Waals surface area (Å²) < 4.78 is 42.0. The van der Waals surface area contributed by atoms with E-state index in [2.05, 4.69) is 10.6 Å². The number of nitrogens with one attached hydrogen (secondary N) is 2. The van der Waals surface area contributed by atoms with Gasteiger partial charge in [0.2, 0.25) is 0 Å². The van der Waals surface area contributed by atoms with E-state index < -0.39 is 23.9 Å². The zero-order valence-corrected chi connectivity index (χ0v) is 11.2. The Balaban J connectivity index is 1.84. The second kappa shape index (κ2) is 6.52. The van der Waals surface area contributed by atoms with Crippen molar-refractivity contribution in [2.75, 3.05) is 11.9 Å². The number of hydrogen-bond donors (Lipinski definition) is 3. The quantitative estimate of drug-likeness (QED) is 0.811. The molecule has 8 heteroatoms. The predicted octanol–water partition coefficient (Wildman–Crippen LogP) is 3.15. The van der Waals surface area contributed by atoms with Crippen molar-refractivity contribution in [1.29, 1.82) is 0 Å². The van der Waals surface area contributed by atoms with Gasteiger partial charge in [-0.15, -0.1) is 0 Å². The van der Waals surface area contributed by atoms with Crippen molar-refractivity contribution in [3.63, 3.8) is 0 Å². The Bertz CT molecular complexity index is 609. The number of alkyl halides is 3. The zero-order chi connectivity index (χ0) is 16.2. The van der Waals surface area contributed by atoms with E-state index >= 15 is 0 Å². The Morgan fingerprint density at radius 2 is 1.91 bits per heavy atom. The molecule has 5 nitrogen and oxygen atoms in total. The lowest BCUT2D eigenvalue weighted by Crippen LogP contribution is -2.32. The number of carbonyl (C=O) groups is 1. The van der Waals surface area contributed by atoms with E-state index in [0.29, 0.717) is 5.56 Å². The fourth-order valence-corrected chi connectivity index (χ4v) is 1.69. The first-order valence-corrected chi connectivity index (χ1v) is 6.28. The van der Waals surface area contributed by atoms with Gasteiger partial charge in [0.1, 0.15) is 0 Å². The monoisotopic (exact) mass is 314 g/mol. The van der Waals surface area contributed by atoms with Crippen LogP contribution in [-0.2, 0) is 6.18 Å². The average Bonchev–Trinajstić information content (AvgIpc) is 2.98. The van der Waals surface area contributed by atoms with Crippen molar-refractivity contribution in [3.05, 3.63) is 54.0 Å². The Hall–Kier alpha value is -2.48. The van der Waals surface area contributed by atoms with Crippen LogP contribution in [0.5, 0.6) is 0 Å². The van der Waals surface area contributed by atoms with Gasteiger partial charge in [0.25, 0.3) is 0 Å². The van der Waals surface area contributed by atoms with Crippen LogP contribution < -0.4 is 10.6 Å². The first-order chi connectivity index (χ1) is 10.4. The molecule has 0 spiro atoms. The molecule has 1 aromatic heterocycles. The number of anilines is 1. The Kier molecular flexibility index (Phi) is 4.71. The van der Waals surface area contributed by atoms with Crippen molar-refractivity contribution in [2.24, 2.45) is 0 Å². The maximum absolute atomic E-state index is 12.4. The molecule has 0 fully saturated rings. The summed E-state index contributed by atoms with van der Waals surface area (Å²) in [5, 5.41) is 14.5. The molecule has 1 aromatic carbocycles. The molecule has 0 saturated heterocycles. The smallest absolute Gasteiger partial charge is 0.416 e. The van der Waals surface area contributed by atoms with E-state index in [9.17, 15) is 23.1 Å². The van der Waals surface area contributed by atoms with E-state index in [1.807, 2.05) is 0 Å². The molecule has 0 unspecified atom stereocenters. The van der Waals surface area contributed by atoms with Crippen molar-refractivity contribution < 1.29 is 27.5 Å². The summed E-state index contributed by atoms with van der Waals surface area (Å²) in [6, 6.07) is 4.96. The van der Waals surface area contributed by atoms with Crippen molar-refractivity contribution >= 4 is 11.7 Å². The molecule has 1 atom stereocenters. The van der Waals surface area contributed by atoms with E-state index in [-0.39, 0.29) is 12.2 Å². The molecule has 3 N–H and O–H groups in total. The van der Waals surface area contributed by atoms with Crippen LogP contribution in [0.1, 0.15) is 17.2 Å². The van der Waals surface area contributed by atoms with Gasteiger partial charge in [0.05, 0.1) is 24.2 Å². The number of benzene rings is 1. The number of aliphatic hydroxyl groups is 1.